The summed E-state index contributed by atoms with van der Waals surface area (Å²) in [5.41, 5.74) is 13.9. The minimum Gasteiger partial charge on any atom is -0.455 e. The lowest BCUT2D eigenvalue weighted by Gasteiger charge is -2.34. The van der Waals surface area contributed by atoms with E-state index in [4.69, 9.17) is 4.42 Å². The quantitative estimate of drug-likeness (QED) is 0.183. The fraction of sp³-hybridized carbons (Fsp3) is 0.0196. The summed E-state index contributed by atoms with van der Waals surface area (Å²) in [5, 5.41) is 7.15. The molecule has 242 valence electrons. The van der Waals surface area contributed by atoms with E-state index >= 15 is 0 Å². The van der Waals surface area contributed by atoms with Gasteiger partial charge in [0.15, 0.2) is 0 Å². The summed E-state index contributed by atoms with van der Waals surface area (Å²) in [4.78, 5) is 0. The number of fused-ring (bicyclic) bond motifs is 10. The molecule has 1 heteroatoms. The van der Waals surface area contributed by atoms with Gasteiger partial charge >= 0.3 is 0 Å². The van der Waals surface area contributed by atoms with Crippen molar-refractivity contribution in [1.82, 2.24) is 0 Å². The van der Waals surface area contributed by atoms with Crippen LogP contribution in [0.2, 0.25) is 0 Å². The lowest BCUT2D eigenvalue weighted by Crippen LogP contribution is -2.28. The Bertz CT molecular complexity index is 2950. The van der Waals surface area contributed by atoms with Gasteiger partial charge < -0.3 is 4.42 Å². The van der Waals surface area contributed by atoms with Gasteiger partial charge in [-0.2, -0.15) is 0 Å². The molecule has 0 fully saturated rings. The highest BCUT2D eigenvalue weighted by atomic mass is 16.3. The molecule has 0 unspecified atom stereocenters. The Labute approximate surface area is 302 Å². The van der Waals surface area contributed by atoms with Gasteiger partial charge in [-0.1, -0.05) is 176 Å². The van der Waals surface area contributed by atoms with Gasteiger partial charge in [-0.05, 0) is 90.0 Å². The Morgan fingerprint density at radius 2 is 1.00 bits per heavy atom. The molecule has 0 amide bonds. The molecule has 0 saturated heterocycles. The standard InChI is InChI=1S/C51H32O/c1-4-14-33(15-5-1)38-22-12-24-42-41(38)29-31-46-48(42)44-32-35(27-30-45(44)51(46,36-17-6-2-7-18-36)37-19-8-3-9-20-37)39-23-13-25-47-49(39)43-28-26-34-16-10-11-21-40(34)50(43)52-47/h1-32H. The van der Waals surface area contributed by atoms with Gasteiger partial charge in [0, 0.05) is 16.2 Å². The first-order chi connectivity index (χ1) is 25.8. The number of furan rings is 1. The van der Waals surface area contributed by atoms with Crippen LogP contribution in [0.3, 0.4) is 0 Å². The van der Waals surface area contributed by atoms with Crippen LogP contribution in [0.25, 0.3) is 76.9 Å². The molecule has 1 aliphatic rings. The minimum atomic E-state index is -0.490. The molecule has 0 aliphatic heterocycles. The van der Waals surface area contributed by atoms with Crippen molar-refractivity contribution < 1.29 is 4.42 Å². The van der Waals surface area contributed by atoms with Crippen molar-refractivity contribution in [1.29, 1.82) is 0 Å². The molecule has 9 aromatic carbocycles. The third kappa shape index (κ3) is 3.99. The van der Waals surface area contributed by atoms with Crippen LogP contribution in [0, 0.1) is 0 Å². The Kier molecular flexibility index (Phi) is 6.23. The zero-order valence-electron chi connectivity index (χ0n) is 28.4. The maximum absolute atomic E-state index is 6.64. The number of benzene rings is 9. The number of hydrogen-bond donors (Lipinski definition) is 0. The maximum Gasteiger partial charge on any atom is 0.143 e. The largest absolute Gasteiger partial charge is 0.455 e. The van der Waals surface area contributed by atoms with Crippen LogP contribution >= 0.6 is 0 Å². The average molecular weight is 661 g/mol. The maximum atomic E-state index is 6.64. The van der Waals surface area contributed by atoms with Crippen LogP contribution < -0.4 is 0 Å². The lowest BCUT2D eigenvalue weighted by atomic mass is 9.67. The smallest absolute Gasteiger partial charge is 0.143 e. The highest BCUT2D eigenvalue weighted by molar-refractivity contribution is 6.19. The summed E-state index contributed by atoms with van der Waals surface area (Å²) in [6.07, 6.45) is 0. The second-order valence-electron chi connectivity index (χ2n) is 13.9. The molecule has 10 aromatic rings. The lowest BCUT2D eigenvalue weighted by molar-refractivity contribution is 0.673. The summed E-state index contributed by atoms with van der Waals surface area (Å²) in [7, 11) is 0. The van der Waals surface area contributed by atoms with E-state index in [1.807, 2.05) is 0 Å². The molecule has 1 nitrogen and oxygen atoms in total. The zero-order chi connectivity index (χ0) is 34.2. The highest BCUT2D eigenvalue weighted by Gasteiger charge is 2.46. The summed E-state index contributed by atoms with van der Waals surface area (Å²) in [5.74, 6) is 0. The molecule has 1 aromatic heterocycles. The predicted molar refractivity (Wildman–Crippen MR) is 217 cm³/mol. The Morgan fingerprint density at radius 3 is 1.79 bits per heavy atom. The van der Waals surface area contributed by atoms with E-state index < -0.39 is 5.41 Å². The topological polar surface area (TPSA) is 13.1 Å². The van der Waals surface area contributed by atoms with E-state index in [1.165, 1.54) is 71.8 Å². The molecule has 1 aliphatic carbocycles. The molecular formula is C51H32O. The van der Waals surface area contributed by atoms with E-state index in [0.29, 0.717) is 0 Å². The van der Waals surface area contributed by atoms with Crippen molar-refractivity contribution in [3.05, 3.63) is 216 Å². The first kappa shape index (κ1) is 29.1. The molecule has 11 rings (SSSR count). The number of rotatable bonds is 4. The fourth-order valence-electron chi connectivity index (χ4n) is 9.18. The van der Waals surface area contributed by atoms with Crippen molar-refractivity contribution in [3.8, 4) is 33.4 Å². The first-order valence-electron chi connectivity index (χ1n) is 18.0. The second-order valence-corrected chi connectivity index (χ2v) is 13.9. The monoisotopic (exact) mass is 660 g/mol. The van der Waals surface area contributed by atoms with Gasteiger partial charge in [0.1, 0.15) is 11.2 Å². The zero-order valence-corrected chi connectivity index (χ0v) is 28.4. The van der Waals surface area contributed by atoms with Crippen LogP contribution in [0.5, 0.6) is 0 Å². The Hall–Kier alpha value is -6.70. The van der Waals surface area contributed by atoms with E-state index in [1.54, 1.807) is 0 Å². The fourth-order valence-corrected chi connectivity index (χ4v) is 9.18. The summed E-state index contributed by atoms with van der Waals surface area (Å²) < 4.78 is 6.64. The van der Waals surface area contributed by atoms with E-state index in [-0.39, 0.29) is 0 Å². The van der Waals surface area contributed by atoms with Crippen LogP contribution in [0.1, 0.15) is 22.3 Å². The predicted octanol–water partition coefficient (Wildman–Crippen LogP) is 13.6. The highest BCUT2D eigenvalue weighted by Crippen LogP contribution is 2.59. The molecule has 0 saturated carbocycles. The second kappa shape index (κ2) is 11.2. The van der Waals surface area contributed by atoms with Crippen LogP contribution in [0.4, 0.5) is 0 Å². The Balaban J connectivity index is 1.25. The van der Waals surface area contributed by atoms with Crippen molar-refractivity contribution in [2.24, 2.45) is 0 Å². The van der Waals surface area contributed by atoms with Crippen molar-refractivity contribution in [2.75, 3.05) is 0 Å². The van der Waals surface area contributed by atoms with Crippen molar-refractivity contribution >= 4 is 43.5 Å². The molecule has 1 heterocycles. The van der Waals surface area contributed by atoms with E-state index in [9.17, 15) is 0 Å². The molecule has 52 heavy (non-hydrogen) atoms. The molecule has 0 spiro atoms. The first-order valence-corrected chi connectivity index (χ1v) is 18.0. The van der Waals surface area contributed by atoms with Gasteiger partial charge in [-0.3, -0.25) is 0 Å². The third-order valence-corrected chi connectivity index (χ3v) is 11.4. The van der Waals surface area contributed by atoms with Gasteiger partial charge in [0.05, 0.1) is 5.41 Å². The van der Waals surface area contributed by atoms with Crippen LogP contribution in [-0.2, 0) is 5.41 Å². The summed E-state index contributed by atoms with van der Waals surface area (Å²) in [6.45, 7) is 0. The van der Waals surface area contributed by atoms with Gasteiger partial charge in [0.2, 0.25) is 0 Å². The van der Waals surface area contributed by atoms with Crippen LogP contribution in [-0.4, -0.2) is 0 Å². The van der Waals surface area contributed by atoms with Gasteiger partial charge in [-0.15, -0.1) is 0 Å². The van der Waals surface area contributed by atoms with Gasteiger partial charge in [-0.25, -0.2) is 0 Å². The van der Waals surface area contributed by atoms with Crippen molar-refractivity contribution in [3.63, 3.8) is 0 Å². The normalized spacial score (nSPS) is 13.2. The van der Waals surface area contributed by atoms with E-state index in [2.05, 4.69) is 194 Å². The number of hydrogen-bond acceptors (Lipinski definition) is 1. The SMILES string of the molecule is c1ccc(-c2cccc3c4c(ccc23)C(c2ccccc2)(c2ccccc2)c2ccc(-c3cccc5oc6c7ccccc7ccc6c35)cc2-4)cc1. The summed E-state index contributed by atoms with van der Waals surface area (Å²) in [6, 6.07) is 71.0. The van der Waals surface area contributed by atoms with E-state index in [0.717, 1.165) is 27.3 Å². The van der Waals surface area contributed by atoms with Crippen LogP contribution in [0.15, 0.2) is 199 Å². The third-order valence-electron chi connectivity index (χ3n) is 11.4. The summed E-state index contributed by atoms with van der Waals surface area (Å²) >= 11 is 0. The molecule has 0 radical (unpaired) electrons. The average Bonchev–Trinajstić information content (AvgIpc) is 3.76. The molecule has 0 atom stereocenters. The molecule has 0 bridgehead atoms. The van der Waals surface area contributed by atoms with Crippen molar-refractivity contribution in [2.45, 2.75) is 5.41 Å². The minimum absolute atomic E-state index is 0.490. The Morgan fingerprint density at radius 1 is 0.365 bits per heavy atom. The molecule has 0 N–H and O–H groups in total. The van der Waals surface area contributed by atoms with Gasteiger partial charge in [0.25, 0.3) is 0 Å². The molecular weight excluding hydrogens is 629 g/mol.